The Labute approximate surface area is 160 Å². The monoisotopic (exact) mass is 365 g/mol. The van der Waals surface area contributed by atoms with Crippen LogP contribution >= 0.6 is 0 Å². The summed E-state index contributed by atoms with van der Waals surface area (Å²) in [6, 6.07) is 0. The zero-order valence-corrected chi connectivity index (χ0v) is 17.4. The van der Waals surface area contributed by atoms with E-state index in [2.05, 4.69) is 35.6 Å². The van der Waals surface area contributed by atoms with Crippen molar-refractivity contribution in [3.63, 3.8) is 0 Å². The third-order valence-corrected chi connectivity index (χ3v) is 7.78. The molecule has 0 aromatic carbocycles. The van der Waals surface area contributed by atoms with Crippen LogP contribution in [0.5, 0.6) is 0 Å². The maximum atomic E-state index is 15.1. The van der Waals surface area contributed by atoms with Crippen molar-refractivity contribution in [2.45, 2.75) is 64.5 Å². The number of nitrogens with zero attached hydrogens (tertiary/aromatic N) is 3. The van der Waals surface area contributed by atoms with Crippen molar-refractivity contribution in [1.29, 1.82) is 0 Å². The SMILES string of the molecule is CC(C)CC1(CN2CCC3(CC2)CN(CC2(F)CCN(C)CC2)C3)CC1. The zero-order chi connectivity index (χ0) is 18.4. The van der Waals surface area contributed by atoms with Crippen LogP contribution < -0.4 is 0 Å². The molecule has 26 heavy (non-hydrogen) atoms. The van der Waals surface area contributed by atoms with Crippen LogP contribution in [0.4, 0.5) is 4.39 Å². The van der Waals surface area contributed by atoms with Gasteiger partial charge in [0.15, 0.2) is 0 Å². The molecule has 1 saturated carbocycles. The molecule has 3 aliphatic heterocycles. The normalized spacial score (nSPS) is 31.3. The molecular formula is C22H40FN3. The second kappa shape index (κ2) is 7.00. The van der Waals surface area contributed by atoms with Gasteiger partial charge in [0, 0.05) is 39.3 Å². The van der Waals surface area contributed by atoms with Gasteiger partial charge in [0.2, 0.25) is 0 Å². The predicted octanol–water partition coefficient (Wildman–Crippen LogP) is 3.64. The Hall–Kier alpha value is -0.190. The van der Waals surface area contributed by atoms with E-state index in [0.717, 1.165) is 44.9 Å². The molecule has 3 saturated heterocycles. The highest BCUT2D eigenvalue weighted by atomic mass is 19.1. The summed E-state index contributed by atoms with van der Waals surface area (Å²) in [6.45, 7) is 13.5. The van der Waals surface area contributed by atoms with Crippen molar-refractivity contribution >= 4 is 0 Å². The lowest BCUT2D eigenvalue weighted by Crippen LogP contribution is -2.63. The molecule has 4 rings (SSSR count). The fraction of sp³-hybridized carbons (Fsp3) is 1.00. The van der Waals surface area contributed by atoms with E-state index in [1.54, 1.807) is 0 Å². The lowest BCUT2D eigenvalue weighted by atomic mass is 9.71. The van der Waals surface area contributed by atoms with Crippen molar-refractivity contribution in [3.8, 4) is 0 Å². The average Bonchev–Trinajstić information content (AvgIpc) is 3.29. The fourth-order valence-corrected chi connectivity index (χ4v) is 6.04. The van der Waals surface area contributed by atoms with Gasteiger partial charge in [-0.25, -0.2) is 4.39 Å². The van der Waals surface area contributed by atoms with E-state index >= 15 is 4.39 Å². The first-order chi connectivity index (χ1) is 12.3. The molecule has 0 N–H and O–H groups in total. The second-order valence-corrected chi connectivity index (χ2v) is 11.0. The maximum Gasteiger partial charge on any atom is 0.126 e. The van der Waals surface area contributed by atoms with E-state index in [4.69, 9.17) is 0 Å². The quantitative estimate of drug-likeness (QED) is 0.711. The van der Waals surface area contributed by atoms with Crippen molar-refractivity contribution < 1.29 is 4.39 Å². The fourth-order valence-electron chi connectivity index (χ4n) is 6.04. The van der Waals surface area contributed by atoms with Crippen LogP contribution in [0.3, 0.4) is 0 Å². The number of hydrogen-bond donors (Lipinski definition) is 0. The standard InChI is InChI=1S/C22H40FN3/c1-19(2)14-20(4-5-20)15-25-12-6-21(7-13-25)16-26(17-21)18-22(23)8-10-24(3)11-9-22/h19H,4-18H2,1-3H3. The van der Waals surface area contributed by atoms with Crippen molar-refractivity contribution in [3.05, 3.63) is 0 Å². The van der Waals surface area contributed by atoms with E-state index in [1.165, 1.54) is 51.7 Å². The smallest absolute Gasteiger partial charge is 0.126 e. The van der Waals surface area contributed by atoms with Gasteiger partial charge in [-0.2, -0.15) is 0 Å². The molecule has 1 spiro atoms. The van der Waals surface area contributed by atoms with Gasteiger partial charge in [0.25, 0.3) is 0 Å². The van der Waals surface area contributed by atoms with Crippen LogP contribution in [0, 0.1) is 16.7 Å². The molecule has 0 unspecified atom stereocenters. The lowest BCUT2D eigenvalue weighted by Gasteiger charge is -2.56. The maximum absolute atomic E-state index is 15.1. The van der Waals surface area contributed by atoms with Gasteiger partial charge >= 0.3 is 0 Å². The molecule has 1 aliphatic carbocycles. The molecule has 0 aromatic heterocycles. The van der Waals surface area contributed by atoms with E-state index < -0.39 is 5.67 Å². The molecule has 150 valence electrons. The van der Waals surface area contributed by atoms with Gasteiger partial charge in [-0.05, 0) is 81.8 Å². The highest BCUT2D eigenvalue weighted by molar-refractivity contribution is 5.03. The molecule has 0 radical (unpaired) electrons. The number of rotatable bonds is 6. The summed E-state index contributed by atoms with van der Waals surface area (Å²) in [7, 11) is 2.11. The average molecular weight is 366 g/mol. The Morgan fingerprint density at radius 3 is 1.96 bits per heavy atom. The molecule has 4 aliphatic rings. The molecule has 4 fully saturated rings. The third-order valence-electron chi connectivity index (χ3n) is 7.78. The molecule has 0 bridgehead atoms. The van der Waals surface area contributed by atoms with Crippen molar-refractivity contribution in [2.75, 3.05) is 59.4 Å². The Kier molecular flexibility index (Phi) is 5.16. The van der Waals surface area contributed by atoms with E-state index in [0.29, 0.717) is 17.4 Å². The number of piperidine rings is 2. The summed E-state index contributed by atoms with van der Waals surface area (Å²) in [5.74, 6) is 0.835. The predicted molar refractivity (Wildman–Crippen MR) is 106 cm³/mol. The number of hydrogen-bond acceptors (Lipinski definition) is 3. The Balaban J connectivity index is 1.19. The molecule has 3 heterocycles. The summed E-state index contributed by atoms with van der Waals surface area (Å²) >= 11 is 0. The van der Waals surface area contributed by atoms with Gasteiger partial charge in [0.1, 0.15) is 5.67 Å². The zero-order valence-electron chi connectivity index (χ0n) is 17.4. The van der Waals surface area contributed by atoms with Gasteiger partial charge in [-0.3, -0.25) is 4.90 Å². The number of halogens is 1. The van der Waals surface area contributed by atoms with Gasteiger partial charge in [-0.1, -0.05) is 13.8 Å². The van der Waals surface area contributed by atoms with E-state index in [9.17, 15) is 0 Å². The highest BCUT2D eigenvalue weighted by Gasteiger charge is 2.49. The minimum atomic E-state index is -0.927. The first-order valence-corrected chi connectivity index (χ1v) is 11.1. The lowest BCUT2D eigenvalue weighted by molar-refractivity contribution is -0.0814. The van der Waals surface area contributed by atoms with Crippen LogP contribution in [0.2, 0.25) is 0 Å². The van der Waals surface area contributed by atoms with Crippen molar-refractivity contribution in [1.82, 2.24) is 14.7 Å². The summed E-state index contributed by atoms with van der Waals surface area (Å²) in [6.07, 6.45) is 8.43. The first kappa shape index (κ1) is 19.1. The van der Waals surface area contributed by atoms with Gasteiger partial charge < -0.3 is 9.80 Å². The van der Waals surface area contributed by atoms with Crippen LogP contribution in [-0.4, -0.2) is 79.8 Å². The number of likely N-dealkylation sites (tertiary alicyclic amines) is 3. The van der Waals surface area contributed by atoms with Crippen LogP contribution in [-0.2, 0) is 0 Å². The molecule has 0 amide bonds. The van der Waals surface area contributed by atoms with Crippen LogP contribution in [0.15, 0.2) is 0 Å². The Morgan fingerprint density at radius 1 is 0.808 bits per heavy atom. The summed E-state index contributed by atoms with van der Waals surface area (Å²) in [5.41, 5.74) is 0.260. The van der Waals surface area contributed by atoms with Gasteiger partial charge in [0.05, 0.1) is 0 Å². The minimum Gasteiger partial charge on any atom is -0.306 e. The Morgan fingerprint density at radius 2 is 1.42 bits per heavy atom. The molecular weight excluding hydrogens is 325 g/mol. The second-order valence-electron chi connectivity index (χ2n) is 11.0. The van der Waals surface area contributed by atoms with E-state index in [-0.39, 0.29) is 0 Å². The van der Waals surface area contributed by atoms with E-state index in [1.807, 2.05) is 0 Å². The van der Waals surface area contributed by atoms with Crippen LogP contribution in [0.25, 0.3) is 0 Å². The number of alkyl halides is 1. The topological polar surface area (TPSA) is 9.72 Å². The molecule has 4 heteroatoms. The highest BCUT2D eigenvalue weighted by Crippen LogP contribution is 2.52. The molecule has 3 nitrogen and oxygen atoms in total. The Bertz CT molecular complexity index is 478. The first-order valence-electron chi connectivity index (χ1n) is 11.1. The summed E-state index contributed by atoms with van der Waals surface area (Å²) in [4.78, 5) is 7.43. The molecule has 0 atom stereocenters. The largest absolute Gasteiger partial charge is 0.306 e. The third kappa shape index (κ3) is 4.28. The van der Waals surface area contributed by atoms with Crippen LogP contribution in [0.1, 0.15) is 58.8 Å². The summed E-state index contributed by atoms with van der Waals surface area (Å²) < 4.78 is 15.1. The van der Waals surface area contributed by atoms with Gasteiger partial charge in [-0.15, -0.1) is 0 Å². The minimum absolute atomic E-state index is 0.521. The molecule has 0 aromatic rings. The summed E-state index contributed by atoms with van der Waals surface area (Å²) in [5, 5.41) is 0. The van der Waals surface area contributed by atoms with Crippen molar-refractivity contribution in [2.24, 2.45) is 16.7 Å².